The molecule has 7 nitrogen and oxygen atoms in total. The average Bonchev–Trinajstić information content (AvgIpc) is 2.90. The normalized spacial score (nSPS) is 23.4. The van der Waals surface area contributed by atoms with Gasteiger partial charge in [-0.3, -0.25) is 9.88 Å². The van der Waals surface area contributed by atoms with Crippen molar-refractivity contribution in [2.75, 3.05) is 49.1 Å². The Bertz CT molecular complexity index is 1190. The van der Waals surface area contributed by atoms with Crippen molar-refractivity contribution in [3.8, 4) is 6.07 Å². The van der Waals surface area contributed by atoms with Gasteiger partial charge < -0.3 is 20.2 Å². The summed E-state index contributed by atoms with van der Waals surface area (Å²) < 4.78 is 0. The molecule has 0 aliphatic carbocycles. The molecule has 1 unspecified atom stereocenters. The first-order valence-electron chi connectivity index (χ1n) is 12.5. The zero-order chi connectivity index (χ0) is 24.4. The van der Waals surface area contributed by atoms with Crippen molar-refractivity contribution >= 4 is 22.3 Å². The molecule has 2 saturated heterocycles. The molecule has 2 aliphatic rings. The quantitative estimate of drug-likeness (QED) is 0.594. The summed E-state index contributed by atoms with van der Waals surface area (Å²) >= 11 is 0. The van der Waals surface area contributed by atoms with Crippen molar-refractivity contribution in [3.63, 3.8) is 0 Å². The van der Waals surface area contributed by atoms with E-state index in [4.69, 9.17) is 0 Å². The van der Waals surface area contributed by atoms with E-state index in [9.17, 15) is 10.4 Å². The Morgan fingerprint density at radius 1 is 1.09 bits per heavy atom. The number of rotatable bonds is 5. The van der Waals surface area contributed by atoms with Gasteiger partial charge in [-0.15, -0.1) is 0 Å². The lowest BCUT2D eigenvalue weighted by Gasteiger charge is -2.45. The fourth-order valence-electron chi connectivity index (χ4n) is 5.66. The standard InChI is InChI=1S/C28H34N6O/c1-20-16-32(27-10-7-23(14-29)28-26(27)4-3-11-31-28)17-21(2)34(20)18-22-5-8-24(9-6-22)33-13-12-30-15-25(33)19-35/h3-11,20-21,25,30,35H,12-13,15-19H2,1-2H3/t20-,21+,25?. The highest BCUT2D eigenvalue weighted by molar-refractivity contribution is 5.95. The summed E-state index contributed by atoms with van der Waals surface area (Å²) in [5.74, 6) is 0. The molecule has 2 aliphatic heterocycles. The van der Waals surface area contributed by atoms with E-state index in [0.29, 0.717) is 17.6 Å². The predicted molar refractivity (Wildman–Crippen MR) is 141 cm³/mol. The molecule has 0 amide bonds. The third-order valence-corrected chi connectivity index (χ3v) is 7.50. The van der Waals surface area contributed by atoms with E-state index >= 15 is 0 Å². The minimum Gasteiger partial charge on any atom is -0.394 e. The first-order valence-corrected chi connectivity index (χ1v) is 12.5. The van der Waals surface area contributed by atoms with E-state index < -0.39 is 0 Å². The van der Waals surface area contributed by atoms with E-state index in [0.717, 1.165) is 55.9 Å². The van der Waals surface area contributed by atoms with Gasteiger partial charge in [-0.2, -0.15) is 5.26 Å². The van der Waals surface area contributed by atoms with E-state index in [2.05, 4.69) is 81.3 Å². The molecule has 1 aromatic heterocycles. The zero-order valence-corrected chi connectivity index (χ0v) is 20.6. The van der Waals surface area contributed by atoms with E-state index in [1.165, 1.54) is 11.3 Å². The number of aromatic nitrogens is 1. The Hall–Kier alpha value is -3.18. The third kappa shape index (κ3) is 4.70. The lowest BCUT2D eigenvalue weighted by atomic mass is 10.0. The number of aliphatic hydroxyl groups is 1. The zero-order valence-electron chi connectivity index (χ0n) is 20.6. The van der Waals surface area contributed by atoms with Crippen LogP contribution in [-0.2, 0) is 6.54 Å². The SMILES string of the molecule is C[C@@H]1CN(c2ccc(C#N)c3ncccc23)C[C@H](C)N1Cc1ccc(N2CCNCC2CO)cc1. The summed E-state index contributed by atoms with van der Waals surface area (Å²) in [7, 11) is 0. The molecule has 2 aromatic carbocycles. The van der Waals surface area contributed by atoms with Crippen LogP contribution in [0, 0.1) is 11.3 Å². The molecule has 3 aromatic rings. The van der Waals surface area contributed by atoms with Crippen LogP contribution in [0.4, 0.5) is 11.4 Å². The molecule has 2 N–H and O–H groups in total. The molecular formula is C28H34N6O. The van der Waals surface area contributed by atoms with Gasteiger partial charge in [-0.05, 0) is 55.8 Å². The monoisotopic (exact) mass is 470 g/mol. The Morgan fingerprint density at radius 3 is 2.57 bits per heavy atom. The van der Waals surface area contributed by atoms with Crippen LogP contribution in [0.25, 0.3) is 10.9 Å². The summed E-state index contributed by atoms with van der Waals surface area (Å²) in [4.78, 5) is 11.8. The predicted octanol–water partition coefficient (Wildman–Crippen LogP) is 2.98. The first kappa shape index (κ1) is 23.6. The van der Waals surface area contributed by atoms with Crippen molar-refractivity contribution in [1.29, 1.82) is 5.26 Å². The maximum absolute atomic E-state index is 9.73. The van der Waals surface area contributed by atoms with Crippen molar-refractivity contribution in [1.82, 2.24) is 15.2 Å². The largest absolute Gasteiger partial charge is 0.394 e. The van der Waals surface area contributed by atoms with E-state index in [1.54, 1.807) is 6.20 Å². The van der Waals surface area contributed by atoms with Crippen molar-refractivity contribution < 1.29 is 5.11 Å². The molecule has 35 heavy (non-hydrogen) atoms. The summed E-state index contributed by atoms with van der Waals surface area (Å²) in [6, 6.07) is 20.0. The number of hydrogen-bond acceptors (Lipinski definition) is 7. The van der Waals surface area contributed by atoms with E-state index in [-0.39, 0.29) is 12.6 Å². The summed E-state index contributed by atoms with van der Waals surface area (Å²) in [5.41, 5.74) is 5.05. The summed E-state index contributed by atoms with van der Waals surface area (Å²) in [6.45, 7) is 10.2. The molecule has 0 saturated carbocycles. The Morgan fingerprint density at radius 2 is 1.86 bits per heavy atom. The molecule has 2 fully saturated rings. The smallest absolute Gasteiger partial charge is 0.101 e. The molecule has 182 valence electrons. The number of nitrogens with one attached hydrogen (secondary N) is 1. The second-order valence-electron chi connectivity index (χ2n) is 9.82. The van der Waals surface area contributed by atoms with Crippen molar-refractivity contribution in [2.45, 2.75) is 38.5 Å². The van der Waals surface area contributed by atoms with Gasteiger partial charge >= 0.3 is 0 Å². The third-order valence-electron chi connectivity index (χ3n) is 7.50. The lowest BCUT2D eigenvalue weighted by molar-refractivity contribution is 0.123. The van der Waals surface area contributed by atoms with Gasteiger partial charge in [0, 0.05) is 74.3 Å². The number of nitriles is 1. The molecule has 3 atom stereocenters. The maximum atomic E-state index is 9.73. The van der Waals surface area contributed by atoms with Gasteiger partial charge in [0.25, 0.3) is 0 Å². The molecule has 0 radical (unpaired) electrons. The average molecular weight is 471 g/mol. The summed E-state index contributed by atoms with van der Waals surface area (Å²) in [5, 5.41) is 23.6. The van der Waals surface area contributed by atoms with Crippen LogP contribution < -0.4 is 15.1 Å². The Kier molecular flexibility index (Phi) is 6.87. The minimum atomic E-state index is 0.135. The van der Waals surface area contributed by atoms with Crippen molar-refractivity contribution in [2.24, 2.45) is 0 Å². The highest BCUT2D eigenvalue weighted by atomic mass is 16.3. The van der Waals surface area contributed by atoms with Crippen LogP contribution in [-0.4, -0.2) is 72.4 Å². The van der Waals surface area contributed by atoms with Gasteiger partial charge in [-0.25, -0.2) is 0 Å². The van der Waals surface area contributed by atoms with Gasteiger partial charge in [0.15, 0.2) is 0 Å². The second-order valence-corrected chi connectivity index (χ2v) is 9.82. The van der Waals surface area contributed by atoms with Crippen molar-refractivity contribution in [3.05, 3.63) is 65.9 Å². The number of fused-ring (bicyclic) bond motifs is 1. The fraction of sp³-hybridized carbons (Fsp3) is 0.429. The molecule has 3 heterocycles. The highest BCUT2D eigenvalue weighted by Crippen LogP contribution is 2.31. The number of anilines is 2. The Labute approximate surface area is 207 Å². The molecular weight excluding hydrogens is 436 g/mol. The number of nitrogens with zero attached hydrogens (tertiary/aromatic N) is 5. The number of pyridine rings is 1. The minimum absolute atomic E-state index is 0.135. The second kappa shape index (κ2) is 10.2. The maximum Gasteiger partial charge on any atom is 0.101 e. The fourth-order valence-corrected chi connectivity index (χ4v) is 5.66. The number of aliphatic hydroxyl groups excluding tert-OH is 1. The van der Waals surface area contributed by atoms with Crippen LogP contribution in [0.5, 0.6) is 0 Å². The van der Waals surface area contributed by atoms with Crippen LogP contribution >= 0.6 is 0 Å². The lowest BCUT2D eigenvalue weighted by Crippen LogP contribution is -2.56. The van der Waals surface area contributed by atoms with Gasteiger partial charge in [0.05, 0.1) is 23.7 Å². The van der Waals surface area contributed by atoms with Gasteiger partial charge in [0.2, 0.25) is 0 Å². The molecule has 0 spiro atoms. The van der Waals surface area contributed by atoms with Crippen LogP contribution in [0.1, 0.15) is 25.0 Å². The topological polar surface area (TPSA) is 78.7 Å². The number of benzene rings is 2. The van der Waals surface area contributed by atoms with Crippen LogP contribution in [0.15, 0.2) is 54.7 Å². The van der Waals surface area contributed by atoms with Crippen LogP contribution in [0.2, 0.25) is 0 Å². The highest BCUT2D eigenvalue weighted by Gasteiger charge is 2.30. The van der Waals surface area contributed by atoms with Gasteiger partial charge in [-0.1, -0.05) is 12.1 Å². The Balaban J connectivity index is 1.30. The molecule has 7 heteroatoms. The van der Waals surface area contributed by atoms with E-state index in [1.807, 2.05) is 12.1 Å². The van der Waals surface area contributed by atoms with Gasteiger partial charge in [0.1, 0.15) is 6.07 Å². The first-order chi connectivity index (χ1) is 17.1. The number of hydrogen-bond donors (Lipinski definition) is 2. The molecule has 0 bridgehead atoms. The summed E-state index contributed by atoms with van der Waals surface area (Å²) in [6.07, 6.45) is 1.76. The van der Waals surface area contributed by atoms with Crippen LogP contribution in [0.3, 0.4) is 0 Å². The number of piperazine rings is 2. The molecule has 5 rings (SSSR count).